The number of hydrogen-bond acceptors (Lipinski definition) is 14. The zero-order valence-corrected chi connectivity index (χ0v) is 41.4. The highest BCUT2D eigenvalue weighted by atomic mass is 32.2. The van der Waals surface area contributed by atoms with Crippen molar-refractivity contribution in [1.29, 1.82) is 0 Å². The van der Waals surface area contributed by atoms with Crippen molar-refractivity contribution in [2.75, 3.05) is 26.2 Å². The molecule has 0 spiro atoms. The van der Waals surface area contributed by atoms with E-state index >= 15 is 0 Å². The third kappa shape index (κ3) is 18.7. The van der Waals surface area contributed by atoms with Crippen molar-refractivity contribution in [3.05, 3.63) is 119 Å². The molecule has 2 heterocycles. The quantitative estimate of drug-likeness (QED) is 0.0324. The largest absolute Gasteiger partial charge is 0.494 e. The van der Waals surface area contributed by atoms with Gasteiger partial charge in [-0.3, -0.25) is 38.1 Å². The zero-order valence-electron chi connectivity index (χ0n) is 40.5. The Kier molecular flexibility index (Phi) is 21.5. The number of carboxylic acid groups (broad SMARTS) is 1. The summed E-state index contributed by atoms with van der Waals surface area (Å²) in [6.45, 7) is 3.33. The number of urea groups is 1. The molecule has 0 bridgehead atoms. The fourth-order valence-electron chi connectivity index (χ4n) is 7.24. The van der Waals surface area contributed by atoms with Crippen molar-refractivity contribution in [3.8, 4) is 5.75 Å². The number of benzene rings is 3. The molecule has 1 unspecified atom stereocenters. The van der Waals surface area contributed by atoms with Crippen LogP contribution >= 0.6 is 0 Å². The molecule has 24 nitrogen and oxygen atoms in total. The van der Waals surface area contributed by atoms with Gasteiger partial charge < -0.3 is 52.4 Å². The Labute approximate surface area is 426 Å². The topological polar surface area (TPSA) is 354 Å². The number of aliphatic carboxylic acids is 1. The van der Waals surface area contributed by atoms with E-state index in [2.05, 4.69) is 57.7 Å². The van der Waals surface area contributed by atoms with E-state index in [0.717, 1.165) is 5.56 Å². The van der Waals surface area contributed by atoms with E-state index in [1.807, 2.05) is 30.3 Å². The lowest BCUT2D eigenvalue weighted by molar-refractivity contribution is -0.141. The molecule has 8 amide bonds. The summed E-state index contributed by atoms with van der Waals surface area (Å²) in [7, 11) is -4.44. The Hall–Kier alpha value is -8.32. The van der Waals surface area contributed by atoms with E-state index < -0.39 is 101 Å². The van der Waals surface area contributed by atoms with Gasteiger partial charge in [-0.2, -0.15) is 13.5 Å². The van der Waals surface area contributed by atoms with Gasteiger partial charge in [-0.25, -0.2) is 9.78 Å². The number of rotatable bonds is 21. The lowest BCUT2D eigenvalue weighted by Crippen LogP contribution is -2.59. The summed E-state index contributed by atoms with van der Waals surface area (Å²) >= 11 is 0. The number of aromatic nitrogens is 1. The van der Waals surface area contributed by atoms with Gasteiger partial charge in [-0.1, -0.05) is 74.5 Å². The monoisotopic (exact) mass is 1040 g/mol. The van der Waals surface area contributed by atoms with Crippen LogP contribution in [-0.4, -0.2) is 121 Å². The zero-order chi connectivity index (χ0) is 53.6. The van der Waals surface area contributed by atoms with Crippen LogP contribution in [-0.2, 0) is 58.4 Å². The fraction of sp³-hybridized carbons (Fsp3) is 0.367. The molecule has 1 saturated heterocycles. The molecule has 25 heteroatoms. The third-order valence-electron chi connectivity index (χ3n) is 11.1. The lowest BCUT2D eigenvalue weighted by Gasteiger charge is -2.27. The summed E-state index contributed by atoms with van der Waals surface area (Å²) in [5.41, 5.74) is 1.90. The lowest BCUT2D eigenvalue weighted by atomic mass is 9.99. The molecule has 0 radical (unpaired) electrons. The average molecular weight is 1040 g/mol. The number of pyridine rings is 1. The first-order valence-electron chi connectivity index (χ1n) is 23.5. The van der Waals surface area contributed by atoms with E-state index in [1.165, 1.54) is 36.5 Å². The molecule has 4 aromatic rings. The van der Waals surface area contributed by atoms with E-state index in [0.29, 0.717) is 17.7 Å². The van der Waals surface area contributed by atoms with Gasteiger partial charge in [0, 0.05) is 32.3 Å². The summed E-state index contributed by atoms with van der Waals surface area (Å²) in [6, 6.07) is 18.5. The number of ether oxygens (including phenoxy) is 1. The smallest absolute Gasteiger partial charge is 0.315 e. The highest BCUT2D eigenvalue weighted by Gasteiger charge is 2.34. The molecule has 1 aromatic heterocycles. The van der Waals surface area contributed by atoms with Crippen LogP contribution in [0.25, 0.3) is 0 Å². The van der Waals surface area contributed by atoms with Crippen molar-refractivity contribution < 1.29 is 61.2 Å². The predicted octanol–water partition coefficient (Wildman–Crippen LogP) is 1.83. The molecule has 10 N–H and O–H groups in total. The highest BCUT2D eigenvalue weighted by molar-refractivity contribution is 7.85. The average Bonchev–Trinajstić information content (AvgIpc) is 3.37. The first kappa shape index (κ1) is 56.6. The minimum Gasteiger partial charge on any atom is -0.494 e. The predicted molar refractivity (Wildman–Crippen MR) is 265 cm³/mol. The fourth-order valence-corrected chi connectivity index (χ4v) is 7.96. The molecule has 5 rings (SSSR count). The molecule has 1 aliphatic heterocycles. The molecule has 0 aliphatic carbocycles. The Morgan fingerprint density at radius 3 is 2.14 bits per heavy atom. The van der Waals surface area contributed by atoms with Gasteiger partial charge in [0.1, 0.15) is 29.9 Å². The normalized spacial score (nSPS) is 17.9. The van der Waals surface area contributed by atoms with Gasteiger partial charge in [0.05, 0.1) is 36.6 Å². The van der Waals surface area contributed by atoms with Crippen LogP contribution in [0.4, 0.5) is 10.6 Å². The van der Waals surface area contributed by atoms with Crippen molar-refractivity contribution in [1.82, 2.24) is 47.5 Å². The van der Waals surface area contributed by atoms with Gasteiger partial charge in [-0.15, -0.1) is 5.11 Å². The van der Waals surface area contributed by atoms with Gasteiger partial charge in [0.2, 0.25) is 29.5 Å². The van der Waals surface area contributed by atoms with Crippen molar-refractivity contribution in [2.24, 2.45) is 16.1 Å². The summed E-state index contributed by atoms with van der Waals surface area (Å²) in [4.78, 5) is 109. The van der Waals surface area contributed by atoms with Crippen LogP contribution in [0.5, 0.6) is 5.75 Å². The van der Waals surface area contributed by atoms with E-state index in [-0.39, 0.29) is 73.9 Å². The van der Waals surface area contributed by atoms with Gasteiger partial charge >= 0.3 is 12.0 Å². The number of carbonyl (C=O) groups excluding carboxylic acids is 7. The maximum Gasteiger partial charge on any atom is 0.315 e. The molecule has 0 saturated carbocycles. The Morgan fingerprint density at radius 2 is 1.45 bits per heavy atom. The third-order valence-corrected chi connectivity index (χ3v) is 12.1. The van der Waals surface area contributed by atoms with Gasteiger partial charge in [-0.05, 0) is 72.2 Å². The first-order chi connectivity index (χ1) is 35.4. The summed E-state index contributed by atoms with van der Waals surface area (Å²) < 4.78 is 38.5. The molecule has 3 aromatic carbocycles. The first-order valence-corrected chi connectivity index (χ1v) is 24.9. The standard InChI is InChI=1S/C49H59N11O13S/c1-30(2)43-48(68)57-36(13-8-21-51-49(69)54-26-32-10-4-3-5-11-32)45(65)53-29-41(61)56-38(25-42(62)63)46(66)58-37(47(67)59-43)24-31-15-18-35(19-16-31)73-23-9-22-50-44(64)34-17-20-40(52-27-34)60-55-28-33-12-6-7-14-39(33)74(70,71)72/h3-7,10-12,14-20,27,30,36-38,43H,8-9,13,21-26,28-29H2,1-2H3,(H,50,64)(H,53,65)(H,56,61)(H,57,68)(H,58,66)(H,59,67)(H,62,63)(H2,51,54,69)(H,70,71,72)/t36-,37+,38-,43?/m0/s1. The molecular weight excluding hydrogens is 983 g/mol. The van der Waals surface area contributed by atoms with Crippen LogP contribution in [0.3, 0.4) is 0 Å². The highest BCUT2D eigenvalue weighted by Crippen LogP contribution is 2.18. The molecule has 1 aliphatic rings. The number of nitrogens with one attached hydrogen (secondary N) is 8. The van der Waals surface area contributed by atoms with Crippen LogP contribution < -0.4 is 47.3 Å². The number of hydrogen-bond donors (Lipinski definition) is 10. The Balaban J connectivity index is 1.16. The second-order valence-electron chi connectivity index (χ2n) is 17.2. The SMILES string of the molecule is CC(C)C1NC(=O)[C@@H](Cc2ccc(OCCCNC(=O)c3ccc(N=NCc4ccccc4S(=O)(=O)O)nc3)cc2)NC(=O)[C@H](CC(=O)O)NC(=O)CNC(=O)[C@H](CCCNC(=O)NCc2ccccc2)NC1=O. The van der Waals surface area contributed by atoms with E-state index in [9.17, 15) is 56.4 Å². The van der Waals surface area contributed by atoms with E-state index in [1.54, 1.807) is 44.2 Å². The molecular formula is C49H59N11O13S. The van der Waals surface area contributed by atoms with Crippen molar-refractivity contribution in [2.45, 2.75) is 88.1 Å². The maximum absolute atomic E-state index is 14.0. The summed E-state index contributed by atoms with van der Waals surface area (Å²) in [6.07, 6.45) is 0.917. The van der Waals surface area contributed by atoms with Crippen LogP contribution in [0, 0.1) is 5.92 Å². The summed E-state index contributed by atoms with van der Waals surface area (Å²) in [5.74, 6) is -6.01. The van der Waals surface area contributed by atoms with Crippen LogP contribution in [0.15, 0.2) is 112 Å². The Morgan fingerprint density at radius 1 is 0.757 bits per heavy atom. The molecule has 74 heavy (non-hydrogen) atoms. The summed E-state index contributed by atoms with van der Waals surface area (Å²) in [5, 5.41) is 38.3. The number of amides is 8. The molecule has 394 valence electrons. The van der Waals surface area contributed by atoms with Crippen molar-refractivity contribution in [3.63, 3.8) is 0 Å². The number of carboxylic acids is 1. The Bertz CT molecular complexity index is 2750. The van der Waals surface area contributed by atoms with Crippen LogP contribution in [0.1, 0.15) is 66.6 Å². The number of azo groups is 1. The second kappa shape index (κ2) is 28.1. The second-order valence-corrected chi connectivity index (χ2v) is 18.6. The minimum absolute atomic E-state index is 0.00770. The van der Waals surface area contributed by atoms with E-state index in [4.69, 9.17) is 4.74 Å². The maximum atomic E-state index is 14.0. The number of nitrogens with zero attached hydrogens (tertiary/aromatic N) is 3. The van der Waals surface area contributed by atoms with Gasteiger partial charge in [0.15, 0.2) is 5.82 Å². The molecule has 4 atom stereocenters. The van der Waals surface area contributed by atoms with Crippen molar-refractivity contribution >= 4 is 63.4 Å². The number of carbonyl (C=O) groups is 8. The van der Waals surface area contributed by atoms with Crippen LogP contribution in [0.2, 0.25) is 0 Å². The molecule has 1 fully saturated rings. The minimum atomic E-state index is -4.44. The van der Waals surface area contributed by atoms with Gasteiger partial charge in [0.25, 0.3) is 16.0 Å².